The van der Waals surface area contributed by atoms with Gasteiger partial charge >= 0.3 is 0 Å². The molecule has 5 aromatic rings. The van der Waals surface area contributed by atoms with Crippen LogP contribution >= 0.6 is 34.9 Å². The summed E-state index contributed by atoms with van der Waals surface area (Å²) in [5.41, 5.74) is 6.96. The summed E-state index contributed by atoms with van der Waals surface area (Å²) < 4.78 is 0. The molecule has 186 valence electrons. The third-order valence-corrected chi connectivity index (χ3v) is 9.94. The highest BCUT2D eigenvalue weighted by molar-refractivity contribution is 8.00. The fourth-order valence-electron chi connectivity index (χ4n) is 4.78. The molecule has 0 bridgehead atoms. The zero-order chi connectivity index (χ0) is 26.3. The summed E-state index contributed by atoms with van der Waals surface area (Å²) >= 11 is 5.25. The standard InChI is InChI=1S/C34H22N2S3/c1-35-27-7-3-5-9-31(27)38-33-21-23(13-19-29(33)35)11-15-25-17-18-26(37-25)16-12-24-14-20-30-34(22-24)39-32-10-6-4-8-28(32)36(30)2/h3-10,13-14,17-22H,1-2H3. The van der Waals surface area contributed by atoms with E-state index in [-0.39, 0.29) is 0 Å². The van der Waals surface area contributed by atoms with Crippen molar-refractivity contribution in [2.45, 2.75) is 19.6 Å². The van der Waals surface area contributed by atoms with Gasteiger partial charge in [-0.15, -0.1) is 11.3 Å². The number of rotatable bonds is 0. The van der Waals surface area contributed by atoms with Crippen molar-refractivity contribution in [3.8, 4) is 23.7 Å². The number of fused-ring (bicyclic) bond motifs is 4. The van der Waals surface area contributed by atoms with E-state index < -0.39 is 0 Å². The third-order valence-electron chi connectivity index (χ3n) is 6.80. The molecule has 5 heteroatoms. The van der Waals surface area contributed by atoms with Crippen molar-refractivity contribution < 1.29 is 0 Å². The van der Waals surface area contributed by atoms with Gasteiger partial charge in [-0.1, -0.05) is 71.5 Å². The smallest absolute Gasteiger partial charge is 0.0785 e. The molecule has 0 N–H and O–H groups in total. The first-order valence-electron chi connectivity index (χ1n) is 12.6. The van der Waals surface area contributed by atoms with E-state index in [0.717, 1.165) is 20.9 Å². The molecule has 0 saturated heterocycles. The molecule has 0 amide bonds. The Morgan fingerprint density at radius 1 is 0.462 bits per heavy atom. The second-order valence-electron chi connectivity index (χ2n) is 9.29. The fourth-order valence-corrected chi connectivity index (χ4v) is 7.87. The lowest BCUT2D eigenvalue weighted by Gasteiger charge is -2.29. The zero-order valence-electron chi connectivity index (χ0n) is 21.4. The molecule has 7 rings (SSSR count). The molecule has 2 aliphatic heterocycles. The second-order valence-corrected chi connectivity index (χ2v) is 12.5. The summed E-state index contributed by atoms with van der Waals surface area (Å²) in [5, 5.41) is 0. The van der Waals surface area contributed by atoms with Gasteiger partial charge in [0.2, 0.25) is 0 Å². The van der Waals surface area contributed by atoms with Crippen LogP contribution in [-0.4, -0.2) is 14.1 Å². The minimum absolute atomic E-state index is 1.02. The van der Waals surface area contributed by atoms with E-state index in [1.807, 2.05) is 0 Å². The van der Waals surface area contributed by atoms with Crippen LogP contribution in [0, 0.1) is 23.7 Å². The minimum atomic E-state index is 1.02. The summed E-state index contributed by atoms with van der Waals surface area (Å²) in [5.74, 6) is 13.4. The van der Waals surface area contributed by atoms with Crippen LogP contribution in [0.4, 0.5) is 22.7 Å². The molecule has 3 heterocycles. The van der Waals surface area contributed by atoms with Gasteiger partial charge in [0.25, 0.3) is 0 Å². The van der Waals surface area contributed by atoms with E-state index in [4.69, 9.17) is 0 Å². The van der Waals surface area contributed by atoms with Gasteiger partial charge in [-0.25, -0.2) is 0 Å². The van der Waals surface area contributed by atoms with Gasteiger partial charge in [-0.2, -0.15) is 0 Å². The molecular weight excluding hydrogens is 533 g/mol. The average Bonchev–Trinajstić information content (AvgIpc) is 3.43. The molecule has 2 nitrogen and oxygen atoms in total. The Bertz CT molecular complexity index is 1740. The van der Waals surface area contributed by atoms with Crippen LogP contribution in [-0.2, 0) is 0 Å². The van der Waals surface area contributed by atoms with E-state index in [2.05, 4.69) is 145 Å². The Kier molecular flexibility index (Phi) is 6.14. The SMILES string of the molecule is CN1c2ccccc2Sc2cc(C#Cc3ccc(C#Cc4ccc5c(c4)Sc4ccccc4N5C)s3)ccc21. The number of hydrogen-bond acceptors (Lipinski definition) is 5. The third kappa shape index (κ3) is 4.60. The number of benzene rings is 4. The van der Waals surface area contributed by atoms with Crippen molar-refractivity contribution in [3.05, 3.63) is 118 Å². The maximum absolute atomic E-state index is 3.36. The van der Waals surface area contributed by atoms with Crippen molar-refractivity contribution >= 4 is 57.6 Å². The van der Waals surface area contributed by atoms with Crippen LogP contribution in [0.15, 0.2) is 117 Å². The van der Waals surface area contributed by atoms with Gasteiger partial charge in [0, 0.05) is 44.8 Å². The lowest BCUT2D eigenvalue weighted by atomic mass is 10.1. The number of anilines is 4. The molecule has 0 fully saturated rings. The van der Waals surface area contributed by atoms with Crippen molar-refractivity contribution in [2.24, 2.45) is 0 Å². The Hall–Kier alpha value is -4.00. The van der Waals surface area contributed by atoms with Crippen LogP contribution in [0.2, 0.25) is 0 Å². The fraction of sp³-hybridized carbons (Fsp3) is 0.0588. The molecule has 0 saturated carbocycles. The molecule has 0 unspecified atom stereocenters. The van der Waals surface area contributed by atoms with Crippen molar-refractivity contribution in [1.29, 1.82) is 0 Å². The first-order valence-corrected chi connectivity index (χ1v) is 15.0. The van der Waals surface area contributed by atoms with Crippen molar-refractivity contribution in [2.75, 3.05) is 23.9 Å². The van der Waals surface area contributed by atoms with E-state index in [1.165, 1.54) is 42.3 Å². The first-order chi connectivity index (χ1) is 19.1. The normalized spacial score (nSPS) is 12.7. The van der Waals surface area contributed by atoms with Gasteiger partial charge in [-0.05, 0) is 72.8 Å². The topological polar surface area (TPSA) is 6.48 Å². The molecule has 0 radical (unpaired) electrons. The maximum Gasteiger partial charge on any atom is 0.0785 e. The predicted molar refractivity (Wildman–Crippen MR) is 166 cm³/mol. The molecule has 39 heavy (non-hydrogen) atoms. The Labute approximate surface area is 241 Å². The molecular formula is C34H22N2S3. The summed E-state index contributed by atoms with van der Waals surface area (Å²) in [4.78, 5) is 11.6. The Balaban J connectivity index is 1.08. The lowest BCUT2D eigenvalue weighted by Crippen LogP contribution is -2.14. The highest BCUT2D eigenvalue weighted by Gasteiger charge is 2.21. The lowest BCUT2D eigenvalue weighted by molar-refractivity contribution is 1.11. The van der Waals surface area contributed by atoms with Gasteiger partial charge in [-0.3, -0.25) is 0 Å². The monoisotopic (exact) mass is 554 g/mol. The molecule has 4 aromatic carbocycles. The molecule has 2 aliphatic rings. The molecule has 0 atom stereocenters. The van der Waals surface area contributed by atoms with Gasteiger partial charge in [0.05, 0.1) is 32.5 Å². The quantitative estimate of drug-likeness (QED) is 0.176. The van der Waals surface area contributed by atoms with E-state index in [9.17, 15) is 0 Å². The van der Waals surface area contributed by atoms with Crippen LogP contribution in [0.1, 0.15) is 20.9 Å². The van der Waals surface area contributed by atoms with Crippen molar-refractivity contribution in [1.82, 2.24) is 0 Å². The van der Waals surface area contributed by atoms with Crippen LogP contribution in [0.5, 0.6) is 0 Å². The number of hydrogen-bond donors (Lipinski definition) is 0. The molecule has 0 aliphatic carbocycles. The van der Waals surface area contributed by atoms with Gasteiger partial charge in [0.15, 0.2) is 0 Å². The average molecular weight is 555 g/mol. The zero-order valence-corrected chi connectivity index (χ0v) is 23.8. The highest BCUT2D eigenvalue weighted by Crippen LogP contribution is 2.48. The van der Waals surface area contributed by atoms with E-state index in [0.29, 0.717) is 0 Å². The summed E-state index contributed by atoms with van der Waals surface area (Å²) in [6.45, 7) is 0. The van der Waals surface area contributed by atoms with Crippen LogP contribution in [0.3, 0.4) is 0 Å². The summed E-state index contributed by atoms with van der Waals surface area (Å²) in [7, 11) is 4.24. The van der Waals surface area contributed by atoms with Crippen molar-refractivity contribution in [3.63, 3.8) is 0 Å². The summed E-state index contributed by atoms with van der Waals surface area (Å²) in [6.07, 6.45) is 0. The van der Waals surface area contributed by atoms with Crippen LogP contribution < -0.4 is 9.80 Å². The highest BCUT2D eigenvalue weighted by atomic mass is 32.2. The molecule has 0 spiro atoms. The Morgan fingerprint density at radius 3 is 1.38 bits per heavy atom. The summed E-state index contributed by atoms with van der Waals surface area (Å²) in [6, 6.07) is 34.1. The molecule has 1 aromatic heterocycles. The van der Waals surface area contributed by atoms with Gasteiger partial charge in [0.1, 0.15) is 0 Å². The minimum Gasteiger partial charge on any atom is -0.343 e. The van der Waals surface area contributed by atoms with Crippen LogP contribution in [0.25, 0.3) is 0 Å². The van der Waals surface area contributed by atoms with E-state index >= 15 is 0 Å². The number of nitrogens with zero attached hydrogens (tertiary/aromatic N) is 2. The number of para-hydroxylation sites is 2. The largest absolute Gasteiger partial charge is 0.343 e. The predicted octanol–water partition coefficient (Wildman–Crippen LogP) is 9.01. The second kappa shape index (κ2) is 9.95. The van der Waals surface area contributed by atoms with E-state index in [1.54, 1.807) is 34.9 Å². The first kappa shape index (κ1) is 24.1. The maximum atomic E-state index is 3.36. The Morgan fingerprint density at radius 2 is 0.897 bits per heavy atom. The number of thiophene rings is 1. The van der Waals surface area contributed by atoms with Gasteiger partial charge < -0.3 is 9.80 Å².